The second kappa shape index (κ2) is 9.66. The molecule has 0 heterocycles. The molecule has 0 atom stereocenters. The van der Waals surface area contributed by atoms with Gasteiger partial charge >= 0.3 is 21.6 Å². The molecule has 10 heteroatoms. The average Bonchev–Trinajstić information content (AvgIpc) is 2.66. The highest BCUT2D eigenvalue weighted by molar-refractivity contribution is 7.88. The van der Waals surface area contributed by atoms with Crippen molar-refractivity contribution in [3.63, 3.8) is 0 Å². The highest BCUT2D eigenvalue weighted by atomic mass is 32.2. The molecular formula is C20H19F3O6S. The third kappa shape index (κ3) is 6.51. The van der Waals surface area contributed by atoms with E-state index in [2.05, 4.69) is 4.18 Å². The Morgan fingerprint density at radius 2 is 1.70 bits per heavy atom. The summed E-state index contributed by atoms with van der Waals surface area (Å²) >= 11 is 0. The standard InChI is InChI=1S/C20H19F3O6S/c1-3-27-19(24)9-14(2)16-10-17(28-13-15-7-5-4-6-8-15)12-18(11-16)29-30(25,26)20(21,22)23/h4-12H,3,13H2,1-2H3/b14-9+. The van der Waals surface area contributed by atoms with E-state index in [9.17, 15) is 26.4 Å². The smallest absolute Gasteiger partial charge is 0.489 e. The normalized spacial score (nSPS) is 12.4. The van der Waals surface area contributed by atoms with Gasteiger partial charge in [0.15, 0.2) is 0 Å². The fraction of sp³-hybridized carbons (Fsp3) is 0.250. The average molecular weight is 444 g/mol. The third-order valence-corrected chi connectivity index (χ3v) is 4.67. The van der Waals surface area contributed by atoms with Gasteiger partial charge < -0.3 is 13.7 Å². The highest BCUT2D eigenvalue weighted by Crippen LogP contribution is 2.32. The van der Waals surface area contributed by atoms with Crippen molar-refractivity contribution >= 4 is 21.7 Å². The Kier molecular flexibility index (Phi) is 7.49. The molecule has 0 aromatic heterocycles. The fourth-order valence-electron chi connectivity index (χ4n) is 2.29. The predicted octanol–water partition coefficient (Wildman–Crippen LogP) is 4.46. The predicted molar refractivity (Wildman–Crippen MR) is 103 cm³/mol. The second-order valence-electron chi connectivity index (χ2n) is 6.03. The first-order valence-electron chi connectivity index (χ1n) is 8.70. The van der Waals surface area contributed by atoms with Crippen molar-refractivity contribution in [3.05, 3.63) is 65.7 Å². The Balaban J connectivity index is 2.39. The Labute approximate surface area is 172 Å². The Bertz CT molecular complexity index is 1010. The lowest BCUT2D eigenvalue weighted by Crippen LogP contribution is -2.28. The van der Waals surface area contributed by atoms with Crippen LogP contribution in [0.25, 0.3) is 5.57 Å². The molecule has 0 spiro atoms. The summed E-state index contributed by atoms with van der Waals surface area (Å²) in [6.07, 6.45) is 1.13. The molecule has 0 unspecified atom stereocenters. The van der Waals surface area contributed by atoms with Crippen LogP contribution in [-0.2, 0) is 26.3 Å². The molecule has 0 fully saturated rings. The van der Waals surface area contributed by atoms with E-state index in [0.29, 0.717) is 5.57 Å². The topological polar surface area (TPSA) is 78.9 Å². The molecule has 0 amide bonds. The number of rotatable bonds is 8. The zero-order chi connectivity index (χ0) is 22.4. The van der Waals surface area contributed by atoms with E-state index in [4.69, 9.17) is 9.47 Å². The summed E-state index contributed by atoms with van der Waals surface area (Å²) in [5.41, 5.74) is -4.27. The first-order chi connectivity index (χ1) is 14.0. The molecule has 0 saturated heterocycles. The van der Waals surface area contributed by atoms with Crippen LogP contribution in [0.3, 0.4) is 0 Å². The first-order valence-corrected chi connectivity index (χ1v) is 10.1. The molecule has 0 aliphatic rings. The van der Waals surface area contributed by atoms with Crippen molar-refractivity contribution in [2.45, 2.75) is 26.0 Å². The number of carbonyl (C=O) groups excluding carboxylic acids is 1. The maximum atomic E-state index is 12.7. The molecule has 2 rings (SSSR count). The van der Waals surface area contributed by atoms with Crippen molar-refractivity contribution in [3.8, 4) is 11.5 Å². The minimum absolute atomic E-state index is 0.0559. The zero-order valence-corrected chi connectivity index (χ0v) is 16.9. The molecule has 2 aromatic carbocycles. The summed E-state index contributed by atoms with van der Waals surface area (Å²) in [7, 11) is -5.88. The molecule has 6 nitrogen and oxygen atoms in total. The molecule has 0 N–H and O–H groups in total. The van der Waals surface area contributed by atoms with Gasteiger partial charge in [0.2, 0.25) is 0 Å². The van der Waals surface area contributed by atoms with Gasteiger partial charge in [0.25, 0.3) is 0 Å². The van der Waals surface area contributed by atoms with Gasteiger partial charge in [-0.1, -0.05) is 30.3 Å². The molecule has 162 valence electrons. The van der Waals surface area contributed by atoms with Crippen LogP contribution in [0.4, 0.5) is 13.2 Å². The van der Waals surface area contributed by atoms with Gasteiger partial charge in [0.05, 0.1) is 6.61 Å². The van der Waals surface area contributed by atoms with Gasteiger partial charge in [0.1, 0.15) is 18.1 Å². The Hall–Kier alpha value is -3.01. The molecule has 0 saturated carbocycles. The number of esters is 1. The minimum Gasteiger partial charge on any atom is -0.489 e. The lowest BCUT2D eigenvalue weighted by atomic mass is 10.1. The molecule has 0 aliphatic carbocycles. The Morgan fingerprint density at radius 3 is 2.30 bits per heavy atom. The number of benzene rings is 2. The van der Waals surface area contributed by atoms with E-state index in [1.165, 1.54) is 13.0 Å². The third-order valence-electron chi connectivity index (χ3n) is 3.69. The van der Waals surface area contributed by atoms with Gasteiger partial charge in [0, 0.05) is 12.1 Å². The largest absolute Gasteiger partial charge is 0.534 e. The number of hydrogen-bond acceptors (Lipinski definition) is 6. The number of ether oxygens (including phenoxy) is 2. The van der Waals surface area contributed by atoms with Crippen LogP contribution in [0, 0.1) is 0 Å². The van der Waals surface area contributed by atoms with Crippen molar-refractivity contribution < 1.29 is 40.0 Å². The summed E-state index contributed by atoms with van der Waals surface area (Å²) < 4.78 is 75.4. The van der Waals surface area contributed by atoms with E-state index in [-0.39, 0.29) is 24.5 Å². The number of allylic oxidation sites excluding steroid dienone is 1. The lowest BCUT2D eigenvalue weighted by Gasteiger charge is -2.14. The maximum absolute atomic E-state index is 12.7. The maximum Gasteiger partial charge on any atom is 0.534 e. The van der Waals surface area contributed by atoms with Crippen molar-refractivity contribution in [2.75, 3.05) is 6.61 Å². The van der Waals surface area contributed by atoms with Gasteiger partial charge in [-0.2, -0.15) is 21.6 Å². The lowest BCUT2D eigenvalue weighted by molar-refractivity contribution is -0.137. The van der Waals surface area contributed by atoms with Gasteiger partial charge in [-0.05, 0) is 42.7 Å². The van der Waals surface area contributed by atoms with Crippen molar-refractivity contribution in [1.82, 2.24) is 0 Å². The molecule has 30 heavy (non-hydrogen) atoms. The second-order valence-corrected chi connectivity index (χ2v) is 7.57. The summed E-state index contributed by atoms with van der Waals surface area (Å²) in [6.45, 7) is 3.35. The van der Waals surface area contributed by atoms with E-state index in [1.54, 1.807) is 31.2 Å². The minimum atomic E-state index is -5.88. The van der Waals surface area contributed by atoms with E-state index in [0.717, 1.165) is 23.8 Å². The van der Waals surface area contributed by atoms with Crippen molar-refractivity contribution in [2.24, 2.45) is 0 Å². The fourth-order valence-corrected chi connectivity index (χ4v) is 2.73. The van der Waals surface area contributed by atoms with Crippen LogP contribution in [0.5, 0.6) is 11.5 Å². The quantitative estimate of drug-likeness (QED) is 0.259. The van der Waals surface area contributed by atoms with Crippen molar-refractivity contribution in [1.29, 1.82) is 0 Å². The Morgan fingerprint density at radius 1 is 1.07 bits per heavy atom. The summed E-state index contributed by atoms with van der Waals surface area (Å²) in [4.78, 5) is 11.7. The molecule has 0 bridgehead atoms. The molecule has 2 aromatic rings. The van der Waals surface area contributed by atoms with Crippen LogP contribution in [0.15, 0.2) is 54.6 Å². The van der Waals surface area contributed by atoms with Crippen LogP contribution >= 0.6 is 0 Å². The summed E-state index contributed by atoms with van der Waals surface area (Å²) in [5.74, 6) is -1.21. The zero-order valence-electron chi connectivity index (χ0n) is 16.1. The number of halogens is 3. The number of alkyl halides is 3. The van der Waals surface area contributed by atoms with Crippen LogP contribution in [0.1, 0.15) is 25.0 Å². The number of hydrogen-bond donors (Lipinski definition) is 0. The van der Waals surface area contributed by atoms with Gasteiger partial charge in [-0.15, -0.1) is 0 Å². The van der Waals surface area contributed by atoms with Gasteiger partial charge in [-0.25, -0.2) is 4.79 Å². The number of carbonyl (C=O) groups is 1. The van der Waals surface area contributed by atoms with E-state index < -0.39 is 27.3 Å². The summed E-state index contributed by atoms with van der Waals surface area (Å²) in [5, 5.41) is 0. The summed E-state index contributed by atoms with van der Waals surface area (Å²) in [6, 6.07) is 12.5. The van der Waals surface area contributed by atoms with E-state index in [1.807, 2.05) is 6.07 Å². The molecular weight excluding hydrogens is 425 g/mol. The molecule has 0 aliphatic heterocycles. The van der Waals surface area contributed by atoms with Crippen LogP contribution in [-0.4, -0.2) is 26.5 Å². The van der Waals surface area contributed by atoms with E-state index >= 15 is 0 Å². The van der Waals surface area contributed by atoms with Crippen LogP contribution < -0.4 is 8.92 Å². The highest BCUT2D eigenvalue weighted by Gasteiger charge is 2.48. The molecule has 0 radical (unpaired) electrons. The monoisotopic (exact) mass is 444 g/mol. The van der Waals surface area contributed by atoms with Gasteiger partial charge in [-0.3, -0.25) is 0 Å². The SMILES string of the molecule is CCOC(=O)/C=C(\C)c1cc(OCc2ccccc2)cc(OS(=O)(=O)C(F)(F)F)c1. The van der Waals surface area contributed by atoms with Crippen LogP contribution in [0.2, 0.25) is 0 Å². The first kappa shape index (κ1) is 23.3.